The molecule has 1 aromatic carbocycles. The lowest BCUT2D eigenvalue weighted by atomic mass is 10.2. The molecule has 0 N–H and O–H groups in total. The molecule has 0 bridgehead atoms. The highest BCUT2D eigenvalue weighted by atomic mass is 19.1. The van der Waals surface area contributed by atoms with Gasteiger partial charge >= 0.3 is 0 Å². The smallest absolute Gasteiger partial charge is 0.163 e. The van der Waals surface area contributed by atoms with Gasteiger partial charge in [-0.3, -0.25) is 9.55 Å². The van der Waals surface area contributed by atoms with E-state index >= 15 is 0 Å². The average molecular weight is 241 g/mol. The van der Waals surface area contributed by atoms with Gasteiger partial charge in [-0.2, -0.15) is 0 Å². The molecule has 0 unspecified atom stereocenters. The Labute approximate surface area is 102 Å². The van der Waals surface area contributed by atoms with Gasteiger partial charge in [-0.25, -0.2) is 9.37 Å². The maximum atomic E-state index is 13.4. The number of hydrogen-bond donors (Lipinski definition) is 0. The number of hydrogen-bond acceptors (Lipinski definition) is 3. The van der Waals surface area contributed by atoms with Crippen LogP contribution in [0.5, 0.6) is 5.75 Å². The summed E-state index contributed by atoms with van der Waals surface area (Å²) in [5.41, 5.74) is 3.11. The SMILES string of the molecule is Fc1ccc2c(c1)-n1c(cc3nccnc31)CO2. The van der Waals surface area contributed by atoms with Gasteiger partial charge in [0.1, 0.15) is 23.7 Å². The number of ether oxygens (including phenoxy) is 1. The van der Waals surface area contributed by atoms with Crippen molar-refractivity contribution in [2.45, 2.75) is 6.61 Å². The van der Waals surface area contributed by atoms with Crippen LogP contribution in [0.1, 0.15) is 5.69 Å². The zero-order chi connectivity index (χ0) is 12.1. The standard InChI is InChI=1S/C13H8FN3O/c14-8-1-2-12-11(5-8)17-9(7-18-12)6-10-13(17)16-4-3-15-10/h1-6H,7H2. The van der Waals surface area contributed by atoms with Crippen molar-refractivity contribution in [3.05, 3.63) is 48.2 Å². The van der Waals surface area contributed by atoms with E-state index in [1.165, 1.54) is 12.1 Å². The molecular formula is C13H8FN3O. The Kier molecular flexibility index (Phi) is 1.75. The fourth-order valence-corrected chi connectivity index (χ4v) is 2.29. The largest absolute Gasteiger partial charge is 0.485 e. The van der Waals surface area contributed by atoms with Crippen molar-refractivity contribution in [2.24, 2.45) is 0 Å². The number of fused-ring (bicyclic) bond motifs is 5. The van der Waals surface area contributed by atoms with Crippen LogP contribution in [0.25, 0.3) is 16.9 Å². The molecule has 0 atom stereocenters. The predicted octanol–water partition coefficient (Wildman–Crippen LogP) is 2.45. The van der Waals surface area contributed by atoms with Crippen molar-refractivity contribution in [2.75, 3.05) is 0 Å². The molecule has 1 aliphatic rings. The van der Waals surface area contributed by atoms with E-state index in [0.29, 0.717) is 18.0 Å². The van der Waals surface area contributed by atoms with Crippen LogP contribution in [0.4, 0.5) is 4.39 Å². The van der Waals surface area contributed by atoms with Gasteiger partial charge in [0.2, 0.25) is 0 Å². The molecule has 3 heterocycles. The van der Waals surface area contributed by atoms with E-state index in [2.05, 4.69) is 9.97 Å². The molecule has 0 saturated heterocycles. The van der Waals surface area contributed by atoms with Crippen LogP contribution in [0.15, 0.2) is 36.7 Å². The molecule has 0 spiro atoms. The third-order valence-electron chi connectivity index (χ3n) is 3.05. The van der Waals surface area contributed by atoms with Crippen LogP contribution in [0.2, 0.25) is 0 Å². The molecule has 4 rings (SSSR count). The van der Waals surface area contributed by atoms with Crippen molar-refractivity contribution >= 4 is 11.2 Å². The molecule has 1 aliphatic heterocycles. The van der Waals surface area contributed by atoms with Gasteiger partial charge in [0.25, 0.3) is 0 Å². The summed E-state index contributed by atoms with van der Waals surface area (Å²) in [6.07, 6.45) is 3.27. The summed E-state index contributed by atoms with van der Waals surface area (Å²) in [7, 11) is 0. The fraction of sp³-hybridized carbons (Fsp3) is 0.0769. The summed E-state index contributed by atoms with van der Waals surface area (Å²) in [4.78, 5) is 8.55. The summed E-state index contributed by atoms with van der Waals surface area (Å²) in [6, 6.07) is 6.39. The first-order valence-electron chi connectivity index (χ1n) is 5.57. The topological polar surface area (TPSA) is 39.9 Å². The monoisotopic (exact) mass is 241 g/mol. The Bertz CT molecular complexity index is 766. The van der Waals surface area contributed by atoms with Crippen LogP contribution in [-0.2, 0) is 6.61 Å². The summed E-state index contributed by atoms with van der Waals surface area (Å²) < 4.78 is 20.9. The van der Waals surface area contributed by atoms with E-state index in [0.717, 1.165) is 16.9 Å². The second-order valence-electron chi connectivity index (χ2n) is 4.14. The van der Waals surface area contributed by atoms with E-state index in [1.54, 1.807) is 18.5 Å². The summed E-state index contributed by atoms with van der Waals surface area (Å²) in [5.74, 6) is 0.364. The van der Waals surface area contributed by atoms with Gasteiger partial charge < -0.3 is 4.74 Å². The Morgan fingerprint density at radius 1 is 1.17 bits per heavy atom. The minimum Gasteiger partial charge on any atom is -0.485 e. The van der Waals surface area contributed by atoms with Crippen LogP contribution in [0.3, 0.4) is 0 Å². The first-order valence-corrected chi connectivity index (χ1v) is 5.57. The van der Waals surface area contributed by atoms with E-state index in [1.807, 2.05) is 10.6 Å². The number of benzene rings is 1. The lowest BCUT2D eigenvalue weighted by molar-refractivity contribution is 0.285. The Morgan fingerprint density at radius 3 is 3.00 bits per heavy atom. The fourth-order valence-electron chi connectivity index (χ4n) is 2.29. The molecule has 5 heteroatoms. The second-order valence-corrected chi connectivity index (χ2v) is 4.14. The van der Waals surface area contributed by atoms with Gasteiger partial charge in [-0.1, -0.05) is 0 Å². The molecule has 88 valence electrons. The van der Waals surface area contributed by atoms with Crippen LogP contribution < -0.4 is 4.74 Å². The van der Waals surface area contributed by atoms with Crippen molar-refractivity contribution in [1.29, 1.82) is 0 Å². The minimum atomic E-state index is -0.295. The quantitative estimate of drug-likeness (QED) is 0.607. The van der Waals surface area contributed by atoms with Gasteiger partial charge in [0.05, 0.1) is 11.4 Å². The number of aromatic nitrogens is 3. The number of nitrogens with zero attached hydrogens (tertiary/aromatic N) is 3. The zero-order valence-corrected chi connectivity index (χ0v) is 9.30. The van der Waals surface area contributed by atoms with Crippen molar-refractivity contribution in [3.63, 3.8) is 0 Å². The van der Waals surface area contributed by atoms with Crippen LogP contribution >= 0.6 is 0 Å². The van der Waals surface area contributed by atoms with Crippen molar-refractivity contribution < 1.29 is 9.13 Å². The van der Waals surface area contributed by atoms with E-state index < -0.39 is 0 Å². The first kappa shape index (κ1) is 9.58. The van der Waals surface area contributed by atoms with Gasteiger partial charge in [0.15, 0.2) is 5.65 Å². The third kappa shape index (κ3) is 1.18. The predicted molar refractivity (Wildman–Crippen MR) is 63.2 cm³/mol. The van der Waals surface area contributed by atoms with E-state index in [4.69, 9.17) is 4.74 Å². The lowest BCUT2D eigenvalue weighted by Gasteiger charge is -2.20. The normalized spacial score (nSPS) is 12.9. The maximum Gasteiger partial charge on any atom is 0.163 e. The van der Waals surface area contributed by atoms with E-state index in [9.17, 15) is 4.39 Å². The van der Waals surface area contributed by atoms with Gasteiger partial charge in [0, 0.05) is 18.5 Å². The molecule has 0 fully saturated rings. The highest BCUT2D eigenvalue weighted by molar-refractivity contribution is 5.76. The van der Waals surface area contributed by atoms with E-state index in [-0.39, 0.29) is 5.82 Å². The molecular weight excluding hydrogens is 233 g/mol. The zero-order valence-electron chi connectivity index (χ0n) is 9.30. The van der Waals surface area contributed by atoms with Crippen LogP contribution in [-0.4, -0.2) is 14.5 Å². The lowest BCUT2D eigenvalue weighted by Crippen LogP contribution is -2.12. The highest BCUT2D eigenvalue weighted by Crippen LogP contribution is 2.33. The number of halogens is 1. The highest BCUT2D eigenvalue weighted by Gasteiger charge is 2.21. The number of rotatable bonds is 0. The Morgan fingerprint density at radius 2 is 2.06 bits per heavy atom. The minimum absolute atomic E-state index is 0.295. The molecule has 3 aromatic rings. The van der Waals surface area contributed by atoms with Crippen molar-refractivity contribution in [3.8, 4) is 11.4 Å². The Hall–Kier alpha value is -2.43. The summed E-state index contributed by atoms with van der Waals surface area (Å²) >= 11 is 0. The van der Waals surface area contributed by atoms with Crippen molar-refractivity contribution in [1.82, 2.24) is 14.5 Å². The Balaban J connectivity index is 2.12. The summed E-state index contributed by atoms with van der Waals surface area (Å²) in [5, 5.41) is 0. The maximum absolute atomic E-state index is 13.4. The van der Waals surface area contributed by atoms with Gasteiger partial charge in [-0.05, 0) is 18.2 Å². The molecule has 0 amide bonds. The molecule has 0 saturated carbocycles. The second kappa shape index (κ2) is 3.29. The molecule has 2 aromatic heterocycles. The molecule has 18 heavy (non-hydrogen) atoms. The third-order valence-corrected chi connectivity index (χ3v) is 3.05. The average Bonchev–Trinajstić information content (AvgIpc) is 2.77. The van der Waals surface area contributed by atoms with Crippen LogP contribution in [0, 0.1) is 5.82 Å². The summed E-state index contributed by atoms with van der Waals surface area (Å²) in [6.45, 7) is 0.441. The molecule has 0 aliphatic carbocycles. The van der Waals surface area contributed by atoms with Gasteiger partial charge in [-0.15, -0.1) is 0 Å². The molecule has 0 radical (unpaired) electrons. The first-order chi connectivity index (χ1) is 8.83. The molecule has 4 nitrogen and oxygen atoms in total.